The Labute approximate surface area is 214 Å². The van der Waals surface area contributed by atoms with Crippen molar-refractivity contribution >= 4 is 21.6 Å². The van der Waals surface area contributed by atoms with E-state index >= 15 is 0 Å². The highest BCUT2D eigenvalue weighted by molar-refractivity contribution is 7.92. The number of amides is 1. The quantitative estimate of drug-likeness (QED) is 0.411. The van der Waals surface area contributed by atoms with Gasteiger partial charge in [0.25, 0.3) is 5.91 Å². The third kappa shape index (κ3) is 7.16. The van der Waals surface area contributed by atoms with Crippen molar-refractivity contribution in [1.29, 1.82) is 0 Å². The summed E-state index contributed by atoms with van der Waals surface area (Å²) in [6.07, 6.45) is 1.90. The number of hydrogen-bond acceptors (Lipinski definition) is 5. The van der Waals surface area contributed by atoms with Crippen LogP contribution in [0.4, 0.5) is 5.69 Å². The fourth-order valence-corrected chi connectivity index (χ4v) is 5.28. The second-order valence-corrected chi connectivity index (χ2v) is 10.9. The second-order valence-electron chi connectivity index (χ2n) is 9.13. The van der Waals surface area contributed by atoms with Crippen LogP contribution < -0.4 is 10.0 Å². The number of rotatable bonds is 10. The van der Waals surface area contributed by atoms with Crippen molar-refractivity contribution in [3.05, 3.63) is 102 Å². The molecule has 1 aliphatic heterocycles. The van der Waals surface area contributed by atoms with Crippen LogP contribution >= 0.6 is 0 Å². The molecular weight excluding hydrogens is 472 g/mol. The molecule has 0 bridgehead atoms. The first kappa shape index (κ1) is 25.9. The van der Waals surface area contributed by atoms with Gasteiger partial charge in [-0.05, 0) is 36.2 Å². The van der Waals surface area contributed by atoms with Gasteiger partial charge in [-0.1, -0.05) is 72.8 Å². The van der Waals surface area contributed by atoms with Crippen LogP contribution in [0.2, 0.25) is 0 Å². The third-order valence-corrected chi connectivity index (χ3v) is 7.00. The summed E-state index contributed by atoms with van der Waals surface area (Å²) >= 11 is 0. The van der Waals surface area contributed by atoms with Crippen LogP contribution in [-0.2, 0) is 10.0 Å². The summed E-state index contributed by atoms with van der Waals surface area (Å²) in [5.74, 6) is -0.278. The molecule has 8 heteroatoms. The Kier molecular flexibility index (Phi) is 8.74. The minimum atomic E-state index is -3.46. The lowest BCUT2D eigenvalue weighted by Gasteiger charge is -2.39. The maximum absolute atomic E-state index is 12.6. The first-order valence-corrected chi connectivity index (χ1v) is 14.2. The van der Waals surface area contributed by atoms with E-state index in [1.54, 1.807) is 24.3 Å². The smallest absolute Gasteiger partial charge is 0.253 e. The highest BCUT2D eigenvalue weighted by Gasteiger charge is 2.26. The van der Waals surface area contributed by atoms with E-state index in [4.69, 9.17) is 0 Å². The molecule has 0 unspecified atom stereocenters. The molecule has 1 saturated heterocycles. The molecular formula is C28H34N4O3S. The fourth-order valence-electron chi connectivity index (χ4n) is 4.70. The van der Waals surface area contributed by atoms with Crippen molar-refractivity contribution in [2.45, 2.75) is 12.5 Å². The number of nitrogens with one attached hydrogen (secondary N) is 2. The summed E-state index contributed by atoms with van der Waals surface area (Å²) in [6, 6.07) is 28.2. The van der Waals surface area contributed by atoms with Gasteiger partial charge in [-0.15, -0.1) is 0 Å². The lowest BCUT2D eigenvalue weighted by Crippen LogP contribution is -2.48. The zero-order valence-electron chi connectivity index (χ0n) is 20.6. The van der Waals surface area contributed by atoms with Crippen LogP contribution in [0.3, 0.4) is 0 Å². The Morgan fingerprint density at radius 3 is 1.97 bits per heavy atom. The number of piperazine rings is 1. The van der Waals surface area contributed by atoms with E-state index in [0.717, 1.165) is 45.4 Å². The van der Waals surface area contributed by atoms with Crippen LogP contribution in [0, 0.1) is 0 Å². The number of para-hydroxylation sites is 1. The summed E-state index contributed by atoms with van der Waals surface area (Å²) in [4.78, 5) is 17.6. The number of sulfonamides is 1. The van der Waals surface area contributed by atoms with Crippen LogP contribution in [0.15, 0.2) is 84.9 Å². The molecule has 0 radical (unpaired) electrons. The summed E-state index contributed by atoms with van der Waals surface area (Å²) < 4.78 is 25.6. The fraction of sp³-hybridized carbons (Fsp3) is 0.321. The molecule has 190 valence electrons. The van der Waals surface area contributed by atoms with E-state index < -0.39 is 10.0 Å². The molecule has 0 atom stereocenters. The Morgan fingerprint density at radius 2 is 1.39 bits per heavy atom. The number of nitrogens with zero attached hydrogens (tertiary/aromatic N) is 2. The molecule has 1 fully saturated rings. The SMILES string of the molecule is CS(=O)(=O)Nc1ccccc1C(=O)NCCCN1CCN(C(c2ccccc2)c2ccccc2)CC1. The van der Waals surface area contributed by atoms with Gasteiger partial charge in [-0.2, -0.15) is 0 Å². The Hall–Kier alpha value is -3.20. The molecule has 3 aromatic rings. The molecule has 1 aliphatic rings. The summed E-state index contributed by atoms with van der Waals surface area (Å²) in [5, 5.41) is 2.92. The highest BCUT2D eigenvalue weighted by Crippen LogP contribution is 2.29. The molecule has 1 amide bonds. The standard InChI is InChI=1S/C28H34N4O3S/c1-36(34,35)30-26-16-9-8-15-25(26)28(33)29-17-10-18-31-19-21-32(22-20-31)27(23-11-4-2-5-12-23)24-13-6-3-7-14-24/h2-9,11-16,27,30H,10,17-22H2,1H3,(H,29,33). The van der Waals surface area contributed by atoms with E-state index in [9.17, 15) is 13.2 Å². The summed E-state index contributed by atoms with van der Waals surface area (Å²) in [6.45, 7) is 5.34. The van der Waals surface area contributed by atoms with Crippen molar-refractivity contribution in [2.24, 2.45) is 0 Å². The van der Waals surface area contributed by atoms with Gasteiger partial charge in [0.15, 0.2) is 0 Å². The Morgan fingerprint density at radius 1 is 0.833 bits per heavy atom. The maximum Gasteiger partial charge on any atom is 0.253 e. The van der Waals surface area contributed by atoms with E-state index in [1.165, 1.54) is 11.1 Å². The monoisotopic (exact) mass is 506 g/mol. The lowest BCUT2D eigenvalue weighted by atomic mass is 9.96. The average molecular weight is 507 g/mol. The molecule has 0 spiro atoms. The van der Waals surface area contributed by atoms with E-state index in [1.807, 2.05) is 0 Å². The molecule has 3 aromatic carbocycles. The van der Waals surface area contributed by atoms with Gasteiger partial charge in [0.1, 0.15) is 0 Å². The normalized spacial score (nSPS) is 15.1. The summed E-state index contributed by atoms with van der Waals surface area (Å²) in [7, 11) is -3.46. The lowest BCUT2D eigenvalue weighted by molar-refractivity contribution is 0.0942. The highest BCUT2D eigenvalue weighted by atomic mass is 32.2. The van der Waals surface area contributed by atoms with Gasteiger partial charge in [-0.25, -0.2) is 8.42 Å². The van der Waals surface area contributed by atoms with Gasteiger partial charge in [0.05, 0.1) is 23.5 Å². The Balaban J connectivity index is 1.27. The van der Waals surface area contributed by atoms with Crippen molar-refractivity contribution in [2.75, 3.05) is 50.2 Å². The first-order valence-electron chi connectivity index (χ1n) is 12.3. The molecule has 4 rings (SSSR count). The zero-order chi connectivity index (χ0) is 25.4. The number of anilines is 1. The van der Waals surface area contributed by atoms with Gasteiger partial charge in [0, 0.05) is 32.7 Å². The minimum Gasteiger partial charge on any atom is -0.352 e. The molecule has 1 heterocycles. The molecule has 0 aromatic heterocycles. The van der Waals surface area contributed by atoms with Crippen LogP contribution in [-0.4, -0.2) is 69.6 Å². The summed E-state index contributed by atoms with van der Waals surface area (Å²) in [5.41, 5.74) is 3.24. The molecule has 2 N–H and O–H groups in total. The molecule has 0 saturated carbocycles. The first-order chi connectivity index (χ1) is 17.4. The second kappa shape index (κ2) is 12.2. The van der Waals surface area contributed by atoms with E-state index in [2.05, 4.69) is 80.5 Å². The number of carbonyl (C=O) groups excluding carboxylic acids is 1. The third-order valence-electron chi connectivity index (χ3n) is 6.41. The maximum atomic E-state index is 12.6. The van der Waals surface area contributed by atoms with Crippen LogP contribution in [0.5, 0.6) is 0 Å². The van der Waals surface area contributed by atoms with E-state index in [-0.39, 0.29) is 11.9 Å². The molecule has 36 heavy (non-hydrogen) atoms. The molecule has 7 nitrogen and oxygen atoms in total. The number of carbonyl (C=O) groups is 1. The topological polar surface area (TPSA) is 81.7 Å². The van der Waals surface area contributed by atoms with Crippen molar-refractivity contribution in [3.8, 4) is 0 Å². The van der Waals surface area contributed by atoms with Crippen LogP contribution in [0.25, 0.3) is 0 Å². The van der Waals surface area contributed by atoms with Crippen molar-refractivity contribution in [3.63, 3.8) is 0 Å². The van der Waals surface area contributed by atoms with Crippen LogP contribution in [0.1, 0.15) is 33.9 Å². The number of benzene rings is 3. The predicted molar refractivity (Wildman–Crippen MR) is 145 cm³/mol. The molecule has 0 aliphatic carbocycles. The predicted octanol–water partition coefficient (Wildman–Crippen LogP) is 3.59. The van der Waals surface area contributed by atoms with Crippen molar-refractivity contribution in [1.82, 2.24) is 15.1 Å². The average Bonchev–Trinajstić information content (AvgIpc) is 2.88. The van der Waals surface area contributed by atoms with Gasteiger partial charge in [-0.3, -0.25) is 14.4 Å². The number of hydrogen-bond donors (Lipinski definition) is 2. The van der Waals surface area contributed by atoms with Crippen molar-refractivity contribution < 1.29 is 13.2 Å². The largest absolute Gasteiger partial charge is 0.352 e. The van der Waals surface area contributed by atoms with Gasteiger partial charge in [0.2, 0.25) is 10.0 Å². The Bertz CT molecular complexity index is 1190. The zero-order valence-corrected chi connectivity index (χ0v) is 21.5. The minimum absolute atomic E-state index is 0.245. The van der Waals surface area contributed by atoms with Gasteiger partial charge < -0.3 is 10.2 Å². The van der Waals surface area contributed by atoms with E-state index in [0.29, 0.717) is 17.8 Å². The van der Waals surface area contributed by atoms with Gasteiger partial charge >= 0.3 is 0 Å².